The Labute approximate surface area is 430 Å². The number of phenolic OH excluding ortho intramolecular Hbond substituents is 2. The third kappa shape index (κ3) is 14.9. The maximum absolute atomic E-state index is 14.0. The van der Waals surface area contributed by atoms with E-state index in [0.29, 0.717) is 23.1 Å². The average molecular weight is 1060 g/mol. The van der Waals surface area contributed by atoms with E-state index in [2.05, 4.69) is 0 Å². The van der Waals surface area contributed by atoms with Crippen molar-refractivity contribution >= 4 is 41.1 Å². The van der Waals surface area contributed by atoms with Crippen LogP contribution in [-0.2, 0) is 58.6 Å². The molecule has 7 N–H and O–H groups in total. The van der Waals surface area contributed by atoms with Gasteiger partial charge in [-0.3, -0.25) is 0 Å². The van der Waals surface area contributed by atoms with Crippen molar-refractivity contribution in [2.45, 2.75) is 173 Å². The molecule has 3 aliphatic rings. The number of benzene rings is 1. The van der Waals surface area contributed by atoms with Gasteiger partial charge < -0.3 is 78.4 Å². The highest BCUT2D eigenvalue weighted by Gasteiger charge is 2.53. The maximum atomic E-state index is 14.0. The fourth-order valence-corrected chi connectivity index (χ4v) is 9.11. The van der Waals surface area contributed by atoms with Gasteiger partial charge in [0, 0.05) is 26.6 Å². The second kappa shape index (κ2) is 27.0. The number of aromatic hydroxyl groups is 2. The summed E-state index contributed by atoms with van der Waals surface area (Å²) >= 11 is 12.3. The second-order valence-corrected chi connectivity index (χ2v) is 19.4. The van der Waals surface area contributed by atoms with E-state index in [9.17, 15) is 50.1 Å². The Balaban J connectivity index is 1.62. The van der Waals surface area contributed by atoms with E-state index in [-0.39, 0.29) is 35.4 Å². The largest absolute Gasteiger partial charge is 0.505 e. The van der Waals surface area contributed by atoms with Crippen LogP contribution in [-0.4, -0.2) is 166 Å². The monoisotopic (exact) mass is 1060 g/mol. The molecule has 4 rings (SSSR count). The minimum atomic E-state index is -1.61. The van der Waals surface area contributed by atoms with E-state index >= 15 is 0 Å². The molecule has 1 aromatic carbocycles. The van der Waals surface area contributed by atoms with E-state index in [1.54, 1.807) is 46.8 Å². The number of hydrogen-bond donors (Lipinski definition) is 7. The molecule has 2 saturated heterocycles. The van der Waals surface area contributed by atoms with Crippen molar-refractivity contribution < 1.29 is 92.8 Å². The lowest BCUT2D eigenvalue weighted by molar-refractivity contribution is -0.333. The zero-order chi connectivity index (χ0) is 53.9. The normalized spacial score (nSPS) is 34.8. The lowest BCUT2D eigenvalue weighted by Gasteiger charge is -2.47. The van der Waals surface area contributed by atoms with Gasteiger partial charge in [0.1, 0.15) is 47.7 Å². The topological polar surface area (TPSA) is 276 Å². The molecule has 21 heteroatoms. The first-order valence-electron chi connectivity index (χ1n) is 23.8. The van der Waals surface area contributed by atoms with Gasteiger partial charge in [-0.2, -0.15) is 0 Å². The molecule has 0 amide bonds. The molecule has 0 spiro atoms. The number of aliphatic hydroxyl groups is 5. The summed E-state index contributed by atoms with van der Waals surface area (Å²) in [6, 6.07) is 0. The van der Waals surface area contributed by atoms with Gasteiger partial charge >= 0.3 is 17.9 Å². The summed E-state index contributed by atoms with van der Waals surface area (Å²) in [7, 11) is 2.57. The zero-order valence-corrected chi connectivity index (χ0v) is 44.1. The molecule has 0 aromatic heterocycles. The van der Waals surface area contributed by atoms with E-state index < -0.39 is 144 Å². The third-order valence-electron chi connectivity index (χ3n) is 12.8. The summed E-state index contributed by atoms with van der Waals surface area (Å²) in [6.45, 7) is 14.2. The van der Waals surface area contributed by atoms with Crippen LogP contribution in [0.3, 0.4) is 0 Å². The molecule has 0 saturated carbocycles. The number of carbonyl (C=O) groups excluding carboxylic acids is 3. The van der Waals surface area contributed by atoms with Crippen LogP contribution in [0, 0.1) is 5.92 Å². The first-order valence-corrected chi connectivity index (χ1v) is 24.5. The minimum Gasteiger partial charge on any atom is -0.505 e. The summed E-state index contributed by atoms with van der Waals surface area (Å²) in [4.78, 5) is 39.9. The van der Waals surface area contributed by atoms with Gasteiger partial charge in [0.15, 0.2) is 36.3 Å². The van der Waals surface area contributed by atoms with Crippen LogP contribution in [0.2, 0.25) is 10.0 Å². The predicted octanol–water partition coefficient (Wildman–Crippen LogP) is 5.22. The molecular formula is C51H72Cl2O19. The molecule has 0 radical (unpaired) electrons. The van der Waals surface area contributed by atoms with Crippen LogP contribution in [0.1, 0.15) is 97.5 Å². The van der Waals surface area contributed by atoms with Crippen LogP contribution in [0.15, 0.2) is 58.7 Å². The fraction of sp³-hybridized carbons (Fsp3) is 0.627. The lowest BCUT2D eigenvalue weighted by atomic mass is 9.88. The summed E-state index contributed by atoms with van der Waals surface area (Å²) in [5.41, 5.74) is 0.203. The number of allylic oxidation sites excluding steroid dienone is 4. The highest BCUT2D eigenvalue weighted by molar-refractivity contribution is 6.39. The third-order valence-corrected chi connectivity index (χ3v) is 13.6. The lowest BCUT2D eigenvalue weighted by Crippen LogP contribution is -2.64. The highest BCUT2D eigenvalue weighted by Crippen LogP contribution is 2.45. The number of carbonyl (C=O) groups is 3. The van der Waals surface area contributed by atoms with Crippen LogP contribution in [0.5, 0.6) is 11.5 Å². The predicted molar refractivity (Wildman–Crippen MR) is 262 cm³/mol. The van der Waals surface area contributed by atoms with Crippen molar-refractivity contribution in [2.24, 2.45) is 5.92 Å². The molecule has 404 valence electrons. The van der Waals surface area contributed by atoms with Crippen molar-refractivity contribution in [1.29, 1.82) is 0 Å². The van der Waals surface area contributed by atoms with Crippen molar-refractivity contribution in [1.82, 2.24) is 0 Å². The Morgan fingerprint density at radius 1 is 0.917 bits per heavy atom. The maximum Gasteiger partial charge on any atom is 0.342 e. The Morgan fingerprint density at radius 2 is 1.60 bits per heavy atom. The SMILES string of the molecule is CCc1c(Cl)c(O)c(Cl)c(O)c1C(=O)O[C@H]1[C@H](O)[C@H](OC)[C@H](OC/C2=C\C=C\C[C@H](O)/C(C)=C/[C@H](CC)[C@@H](O[C@@H]3OC(C)(C)[C@@H](O)[C@H](OC(=O)COC)[C@@H]3O)/C(C)=C/C(C)=C/C[C@@H]([C@@H](C)O)OC2=O)O[C@@H]1C. The molecule has 14 atom stereocenters. The van der Waals surface area contributed by atoms with Crippen molar-refractivity contribution in [3.05, 3.63) is 79.9 Å². The summed E-state index contributed by atoms with van der Waals surface area (Å²) in [5.74, 6) is -4.57. The Kier molecular flexibility index (Phi) is 22.8. The van der Waals surface area contributed by atoms with Gasteiger partial charge in [-0.05, 0) is 90.5 Å². The molecule has 0 bridgehead atoms. The Hall–Kier alpha value is -3.93. The van der Waals surface area contributed by atoms with Crippen LogP contribution in [0.25, 0.3) is 0 Å². The Morgan fingerprint density at radius 3 is 2.21 bits per heavy atom. The molecular weight excluding hydrogens is 987 g/mol. The molecule has 0 aliphatic carbocycles. The molecule has 72 heavy (non-hydrogen) atoms. The quantitative estimate of drug-likeness (QED) is 0.0714. The number of hydrogen-bond acceptors (Lipinski definition) is 19. The van der Waals surface area contributed by atoms with Crippen molar-refractivity contribution in [2.75, 3.05) is 27.4 Å². The van der Waals surface area contributed by atoms with Crippen molar-refractivity contribution in [3.63, 3.8) is 0 Å². The van der Waals surface area contributed by atoms with Crippen LogP contribution >= 0.6 is 23.2 Å². The average Bonchev–Trinajstić information content (AvgIpc) is 3.32. The highest BCUT2D eigenvalue weighted by atomic mass is 35.5. The van der Waals surface area contributed by atoms with Gasteiger partial charge in [0.25, 0.3) is 0 Å². The zero-order valence-electron chi connectivity index (χ0n) is 42.6. The number of aliphatic hydroxyl groups excluding tert-OH is 5. The van der Waals surface area contributed by atoms with E-state index in [1.807, 2.05) is 26.0 Å². The number of phenols is 2. The molecule has 19 nitrogen and oxygen atoms in total. The minimum absolute atomic E-state index is 0.0430. The van der Waals surface area contributed by atoms with Gasteiger partial charge in [-0.25, -0.2) is 14.4 Å². The molecule has 0 unspecified atom stereocenters. The van der Waals surface area contributed by atoms with Crippen molar-refractivity contribution in [3.8, 4) is 11.5 Å². The van der Waals surface area contributed by atoms with Crippen LogP contribution in [0.4, 0.5) is 0 Å². The van der Waals surface area contributed by atoms with Gasteiger partial charge in [-0.15, -0.1) is 0 Å². The molecule has 2 fully saturated rings. The summed E-state index contributed by atoms with van der Waals surface area (Å²) in [6.07, 6.45) is -5.76. The number of rotatable bonds is 14. The van der Waals surface area contributed by atoms with E-state index in [1.165, 1.54) is 40.2 Å². The molecule has 3 heterocycles. The van der Waals surface area contributed by atoms with Gasteiger partial charge in [-0.1, -0.05) is 73.0 Å². The number of halogens is 2. The number of cyclic esters (lactones) is 1. The van der Waals surface area contributed by atoms with Gasteiger partial charge in [0.2, 0.25) is 0 Å². The Bertz CT molecular complexity index is 2200. The number of methoxy groups -OCH3 is 2. The van der Waals surface area contributed by atoms with E-state index in [0.717, 1.165) is 0 Å². The standard InChI is InChI=1S/C51H72Cl2O19/c1-12-29-21-25(4)32(55)17-15-14-16-30(22-66-50-45(65-11)40(59)43(28(7)67-50)70-48(63)35-31(13-2)36(52)39(58)37(53)38(35)57)47(62)68-33(27(6)54)19-18-24(3)20-26(5)42(29)71-49-41(60)44(69-34(56)23-64-10)46(61)51(8,9)72-49/h14-16,18,20-21,27-29,32-33,40-46,49-50,54-55,57-61H,12-13,17,19,22-23H2,1-11H3/b15-14+,24-18+,25-21+,26-20+,30-16+/t27-,28-,29+,32+,33+,40+,41+,42+,43-,44-,45+,46+,49-,50-/m1/s1. The van der Waals surface area contributed by atoms with Gasteiger partial charge in [0.05, 0.1) is 47.2 Å². The fourth-order valence-electron chi connectivity index (χ4n) is 8.55. The van der Waals surface area contributed by atoms with E-state index in [4.69, 9.17) is 65.8 Å². The smallest absolute Gasteiger partial charge is 0.342 e. The number of esters is 3. The first-order chi connectivity index (χ1) is 33.8. The second-order valence-electron chi connectivity index (χ2n) is 18.7. The molecule has 3 aliphatic heterocycles. The first kappa shape index (κ1) is 60.6. The summed E-state index contributed by atoms with van der Waals surface area (Å²) < 4.78 is 52.1. The molecule has 1 aromatic rings. The van der Waals surface area contributed by atoms with Crippen LogP contribution < -0.4 is 0 Å². The number of ether oxygens (including phenoxy) is 9. The summed E-state index contributed by atoms with van der Waals surface area (Å²) in [5, 5.41) is 76.4.